The molecule has 0 spiro atoms. The number of hydrogen-bond donors (Lipinski definition) is 0. The number of rotatable bonds is 4. The van der Waals surface area contributed by atoms with Crippen LogP contribution in [0.15, 0.2) is 12.1 Å². The molecule has 114 valence electrons. The predicted molar refractivity (Wildman–Crippen MR) is 62.8 cm³/mol. The summed E-state index contributed by atoms with van der Waals surface area (Å²) in [5.74, 6) is -0.441. The summed E-state index contributed by atoms with van der Waals surface area (Å²) in [5, 5.41) is -0.502. The first-order valence-corrected chi connectivity index (χ1v) is 5.97. The quantitative estimate of drug-likeness (QED) is 0.598. The van der Waals surface area contributed by atoms with E-state index < -0.39 is 35.4 Å². The van der Waals surface area contributed by atoms with Gasteiger partial charge in [0.25, 0.3) is 0 Å². The highest BCUT2D eigenvalue weighted by atomic mass is 35.5. The second-order valence-electron chi connectivity index (χ2n) is 4.07. The third-order valence-electron chi connectivity index (χ3n) is 2.30. The summed E-state index contributed by atoms with van der Waals surface area (Å²) < 4.78 is 75.1. The molecular formula is C11H11ClF6N2. The molecule has 1 aromatic rings. The van der Waals surface area contributed by atoms with Crippen LogP contribution in [0.5, 0.6) is 0 Å². The van der Waals surface area contributed by atoms with Crippen molar-refractivity contribution in [2.24, 2.45) is 0 Å². The molecule has 0 unspecified atom stereocenters. The first-order chi connectivity index (χ1) is 9.03. The van der Waals surface area contributed by atoms with E-state index in [2.05, 4.69) is 4.98 Å². The monoisotopic (exact) mass is 320 g/mol. The van der Waals surface area contributed by atoms with Gasteiger partial charge in [-0.25, -0.2) is 4.98 Å². The van der Waals surface area contributed by atoms with Gasteiger partial charge in [-0.3, -0.25) is 0 Å². The zero-order chi connectivity index (χ0) is 15.6. The maximum Gasteiger partial charge on any atom is 0.416 e. The van der Waals surface area contributed by atoms with Gasteiger partial charge >= 0.3 is 12.4 Å². The van der Waals surface area contributed by atoms with Crippen molar-refractivity contribution >= 4 is 17.4 Å². The van der Waals surface area contributed by atoms with E-state index in [1.165, 1.54) is 0 Å². The fraction of sp³-hybridized carbons (Fsp3) is 0.545. The number of anilines is 1. The molecule has 9 heteroatoms. The van der Waals surface area contributed by atoms with E-state index >= 15 is 0 Å². The van der Waals surface area contributed by atoms with Crippen LogP contribution in [-0.4, -0.2) is 24.2 Å². The molecule has 1 heterocycles. The minimum Gasteiger partial charge on any atom is -0.347 e. The first kappa shape index (κ1) is 16.9. The van der Waals surface area contributed by atoms with E-state index in [-0.39, 0.29) is 6.54 Å². The summed E-state index contributed by atoms with van der Waals surface area (Å²) in [7, 11) is 0. The summed E-state index contributed by atoms with van der Waals surface area (Å²) in [5.41, 5.74) is -1.13. The van der Waals surface area contributed by atoms with E-state index in [0.29, 0.717) is 18.6 Å². The molecule has 0 radical (unpaired) electrons. The summed E-state index contributed by atoms with van der Waals surface area (Å²) in [6, 6.07) is 1.13. The van der Waals surface area contributed by atoms with Gasteiger partial charge in [-0.05, 0) is 18.6 Å². The Kier molecular flexibility index (Phi) is 5.12. The van der Waals surface area contributed by atoms with Crippen LogP contribution in [0.3, 0.4) is 0 Å². The summed E-state index contributed by atoms with van der Waals surface area (Å²) in [6.45, 7) is 0.147. The lowest BCUT2D eigenvalue weighted by Gasteiger charge is -2.25. The normalized spacial score (nSPS) is 12.6. The topological polar surface area (TPSA) is 16.1 Å². The third kappa shape index (κ3) is 5.07. The zero-order valence-electron chi connectivity index (χ0n) is 10.3. The lowest BCUT2D eigenvalue weighted by atomic mass is 10.2. The molecule has 20 heavy (non-hydrogen) atoms. The Labute approximate surface area is 116 Å². The Balaban J connectivity index is 3.16. The second kappa shape index (κ2) is 6.07. The van der Waals surface area contributed by atoms with E-state index in [4.69, 9.17) is 11.6 Å². The van der Waals surface area contributed by atoms with Crippen molar-refractivity contribution in [1.82, 2.24) is 4.98 Å². The average Bonchev–Trinajstić information content (AvgIpc) is 2.24. The zero-order valence-corrected chi connectivity index (χ0v) is 11.1. The van der Waals surface area contributed by atoms with Crippen LogP contribution in [0.25, 0.3) is 0 Å². The van der Waals surface area contributed by atoms with Gasteiger partial charge in [0.2, 0.25) is 0 Å². The van der Waals surface area contributed by atoms with Gasteiger partial charge in [0.15, 0.2) is 0 Å². The first-order valence-electron chi connectivity index (χ1n) is 5.59. The SMILES string of the molecule is CCCN(CC(F)(F)F)c1cc(C(F)(F)F)cc(Cl)n1. The largest absolute Gasteiger partial charge is 0.416 e. The van der Waals surface area contributed by atoms with Crippen LogP contribution in [0.1, 0.15) is 18.9 Å². The van der Waals surface area contributed by atoms with E-state index in [1.807, 2.05) is 0 Å². The van der Waals surface area contributed by atoms with Crippen molar-refractivity contribution in [3.8, 4) is 0 Å². The number of hydrogen-bond acceptors (Lipinski definition) is 2. The summed E-state index contributed by atoms with van der Waals surface area (Å²) in [4.78, 5) is 4.27. The standard InChI is InChI=1S/C11H11ClF6N2/c1-2-3-20(6-10(13,14)15)9-5-7(11(16,17)18)4-8(12)19-9/h4-5H,2-3,6H2,1H3. The smallest absolute Gasteiger partial charge is 0.347 e. The van der Waals surface area contributed by atoms with Gasteiger partial charge in [0.05, 0.1) is 5.56 Å². The molecule has 0 aliphatic rings. The molecule has 0 atom stereocenters. The molecule has 1 rings (SSSR count). The Morgan fingerprint density at radius 3 is 2.20 bits per heavy atom. The van der Waals surface area contributed by atoms with Gasteiger partial charge < -0.3 is 4.90 Å². The molecule has 0 bridgehead atoms. The molecule has 0 N–H and O–H groups in total. The van der Waals surface area contributed by atoms with Crippen molar-refractivity contribution in [2.45, 2.75) is 25.7 Å². The molecule has 0 saturated heterocycles. The molecule has 0 saturated carbocycles. The number of aromatic nitrogens is 1. The highest BCUT2D eigenvalue weighted by Crippen LogP contribution is 2.33. The Morgan fingerprint density at radius 2 is 1.75 bits per heavy atom. The van der Waals surface area contributed by atoms with Crippen LogP contribution < -0.4 is 4.90 Å². The number of halogens is 7. The maximum atomic E-state index is 12.6. The van der Waals surface area contributed by atoms with Crippen LogP contribution in [0.4, 0.5) is 32.2 Å². The van der Waals surface area contributed by atoms with Crippen LogP contribution in [0, 0.1) is 0 Å². The van der Waals surface area contributed by atoms with Gasteiger partial charge in [-0.2, -0.15) is 26.3 Å². The molecular weight excluding hydrogens is 310 g/mol. The predicted octanol–water partition coefficient (Wildman–Crippen LogP) is 4.53. The second-order valence-corrected chi connectivity index (χ2v) is 4.46. The van der Waals surface area contributed by atoms with Crippen LogP contribution in [-0.2, 0) is 6.18 Å². The van der Waals surface area contributed by atoms with Crippen molar-refractivity contribution in [2.75, 3.05) is 18.0 Å². The molecule has 0 amide bonds. The Morgan fingerprint density at radius 1 is 1.15 bits per heavy atom. The third-order valence-corrected chi connectivity index (χ3v) is 2.49. The minimum atomic E-state index is -4.70. The summed E-state index contributed by atoms with van der Waals surface area (Å²) >= 11 is 5.45. The maximum absolute atomic E-state index is 12.6. The number of pyridine rings is 1. The van der Waals surface area contributed by atoms with E-state index in [0.717, 1.165) is 4.90 Å². The molecule has 2 nitrogen and oxygen atoms in total. The van der Waals surface area contributed by atoms with Crippen molar-refractivity contribution in [3.05, 3.63) is 22.8 Å². The van der Waals surface area contributed by atoms with Gasteiger partial charge in [-0.1, -0.05) is 18.5 Å². The van der Waals surface area contributed by atoms with Gasteiger partial charge in [-0.15, -0.1) is 0 Å². The van der Waals surface area contributed by atoms with Crippen LogP contribution in [0.2, 0.25) is 5.15 Å². The highest BCUT2D eigenvalue weighted by molar-refractivity contribution is 6.29. The Bertz CT molecular complexity index is 457. The summed E-state index contributed by atoms with van der Waals surface area (Å²) in [6.07, 6.45) is -8.92. The van der Waals surface area contributed by atoms with Crippen molar-refractivity contribution < 1.29 is 26.3 Å². The molecule has 0 aliphatic carbocycles. The van der Waals surface area contributed by atoms with Crippen molar-refractivity contribution in [3.63, 3.8) is 0 Å². The highest BCUT2D eigenvalue weighted by Gasteiger charge is 2.34. The van der Waals surface area contributed by atoms with Gasteiger partial charge in [0.1, 0.15) is 17.5 Å². The average molecular weight is 321 g/mol. The van der Waals surface area contributed by atoms with Crippen LogP contribution >= 0.6 is 11.6 Å². The Hall–Kier alpha value is -1.18. The molecule has 1 aromatic heterocycles. The van der Waals surface area contributed by atoms with E-state index in [9.17, 15) is 26.3 Å². The molecule has 0 aromatic carbocycles. The molecule has 0 fully saturated rings. The lowest BCUT2D eigenvalue weighted by molar-refractivity contribution is -0.137. The van der Waals surface area contributed by atoms with E-state index in [1.54, 1.807) is 6.92 Å². The fourth-order valence-corrected chi connectivity index (χ4v) is 1.77. The fourth-order valence-electron chi connectivity index (χ4n) is 1.57. The minimum absolute atomic E-state index is 0.0792. The molecule has 0 aliphatic heterocycles. The van der Waals surface area contributed by atoms with Gasteiger partial charge in [0, 0.05) is 6.54 Å². The lowest BCUT2D eigenvalue weighted by Crippen LogP contribution is -2.35. The van der Waals surface area contributed by atoms with Crippen molar-refractivity contribution in [1.29, 1.82) is 0 Å². The number of nitrogens with zero attached hydrogens (tertiary/aromatic N) is 2. The number of alkyl halides is 6.